The van der Waals surface area contributed by atoms with Gasteiger partial charge in [0.1, 0.15) is 0 Å². The van der Waals surface area contributed by atoms with E-state index in [1.807, 2.05) is 0 Å². The molecule has 0 amide bonds. The van der Waals surface area contributed by atoms with Crippen LogP contribution in [0.2, 0.25) is 0 Å². The number of halogens is 3. The molecular weight excluding hydrogens is 133 g/mol. The van der Waals surface area contributed by atoms with E-state index in [9.17, 15) is 13.2 Å². The molecule has 0 rings (SSSR count). The SMILES string of the molecule is [CH2-][NH2+]NCCC(F)(F)F. The fourth-order valence-corrected chi connectivity index (χ4v) is 0.316. The summed E-state index contributed by atoms with van der Waals surface area (Å²) in [7, 11) is 3.20. The quantitative estimate of drug-likeness (QED) is 0.243. The Kier molecular flexibility index (Phi) is 3.56. The molecular formula is C4H9F3N2. The first-order valence-corrected chi connectivity index (χ1v) is 2.47. The van der Waals surface area contributed by atoms with Gasteiger partial charge in [-0.2, -0.15) is 18.6 Å². The zero-order valence-corrected chi connectivity index (χ0v) is 4.83. The topological polar surface area (TPSA) is 28.6 Å². The average Bonchev–Trinajstić information content (AvgIpc) is 1.63. The molecule has 0 radical (unpaired) electrons. The maximum absolute atomic E-state index is 11.3. The Hall–Kier alpha value is -0.290. The minimum Gasteiger partial charge on any atom is -0.399 e. The number of rotatable bonds is 3. The molecule has 5 heteroatoms. The van der Waals surface area contributed by atoms with Crippen molar-refractivity contribution < 1.29 is 18.6 Å². The van der Waals surface area contributed by atoms with Crippen LogP contribution in [0.15, 0.2) is 0 Å². The second-order valence-corrected chi connectivity index (χ2v) is 1.52. The van der Waals surface area contributed by atoms with Crippen molar-refractivity contribution in [1.82, 2.24) is 5.43 Å². The molecule has 0 aromatic carbocycles. The summed E-state index contributed by atoms with van der Waals surface area (Å²) in [6.07, 6.45) is -4.87. The lowest BCUT2D eigenvalue weighted by atomic mass is 10.4. The van der Waals surface area contributed by atoms with Gasteiger partial charge in [0.05, 0.1) is 13.0 Å². The van der Waals surface area contributed by atoms with Crippen LogP contribution in [-0.2, 0) is 0 Å². The van der Waals surface area contributed by atoms with Crippen molar-refractivity contribution in [3.05, 3.63) is 7.05 Å². The van der Waals surface area contributed by atoms with Gasteiger partial charge in [0.25, 0.3) is 0 Å². The van der Waals surface area contributed by atoms with E-state index in [-0.39, 0.29) is 6.54 Å². The second kappa shape index (κ2) is 3.68. The van der Waals surface area contributed by atoms with Crippen molar-refractivity contribution >= 4 is 0 Å². The number of hydrogen-bond donors (Lipinski definition) is 2. The predicted molar refractivity (Wildman–Crippen MR) is 26.0 cm³/mol. The third-order valence-electron chi connectivity index (χ3n) is 0.697. The van der Waals surface area contributed by atoms with Gasteiger partial charge < -0.3 is 5.43 Å². The van der Waals surface area contributed by atoms with E-state index in [0.29, 0.717) is 0 Å². The molecule has 0 spiro atoms. The lowest BCUT2D eigenvalue weighted by molar-refractivity contribution is -0.656. The fraction of sp³-hybridized carbons (Fsp3) is 0.750. The van der Waals surface area contributed by atoms with E-state index >= 15 is 0 Å². The molecule has 0 bridgehead atoms. The lowest BCUT2D eigenvalue weighted by Gasteiger charge is -2.05. The lowest BCUT2D eigenvalue weighted by Crippen LogP contribution is -2.87. The van der Waals surface area contributed by atoms with Crippen molar-refractivity contribution in [3.8, 4) is 0 Å². The van der Waals surface area contributed by atoms with Crippen molar-refractivity contribution in [2.45, 2.75) is 12.6 Å². The van der Waals surface area contributed by atoms with Gasteiger partial charge in [0.15, 0.2) is 0 Å². The molecule has 0 unspecified atom stereocenters. The van der Waals surface area contributed by atoms with Crippen LogP contribution in [0.1, 0.15) is 6.42 Å². The normalized spacial score (nSPS) is 12.0. The van der Waals surface area contributed by atoms with Crippen molar-refractivity contribution in [3.63, 3.8) is 0 Å². The highest BCUT2D eigenvalue weighted by Gasteiger charge is 2.25. The third kappa shape index (κ3) is 7.71. The number of nitrogens with one attached hydrogen (secondary N) is 1. The van der Waals surface area contributed by atoms with Crippen LogP contribution in [0, 0.1) is 7.05 Å². The molecule has 2 nitrogen and oxygen atoms in total. The van der Waals surface area contributed by atoms with Crippen molar-refractivity contribution in [2.75, 3.05) is 6.54 Å². The maximum Gasteiger partial charge on any atom is 0.390 e. The second-order valence-electron chi connectivity index (χ2n) is 1.52. The summed E-state index contributed by atoms with van der Waals surface area (Å²) in [5.74, 6) is 0. The fourth-order valence-electron chi connectivity index (χ4n) is 0.316. The molecule has 0 heterocycles. The number of quaternary nitrogens is 1. The van der Waals surface area contributed by atoms with Gasteiger partial charge >= 0.3 is 6.18 Å². The molecule has 0 aromatic heterocycles. The minimum absolute atomic E-state index is 0.0903. The zero-order valence-electron chi connectivity index (χ0n) is 4.83. The third-order valence-corrected chi connectivity index (χ3v) is 0.697. The van der Waals surface area contributed by atoms with Gasteiger partial charge in [-0.25, -0.2) is 0 Å². The molecule has 0 saturated carbocycles. The minimum atomic E-state index is -4.06. The summed E-state index contributed by atoms with van der Waals surface area (Å²) in [4.78, 5) is 0. The van der Waals surface area contributed by atoms with Crippen LogP contribution in [0.3, 0.4) is 0 Å². The van der Waals surface area contributed by atoms with E-state index in [4.69, 9.17) is 0 Å². The summed E-state index contributed by atoms with van der Waals surface area (Å²) in [5, 5.41) is 0. The van der Waals surface area contributed by atoms with Gasteiger partial charge in [0.2, 0.25) is 0 Å². The highest BCUT2D eigenvalue weighted by molar-refractivity contribution is 4.48. The summed E-state index contributed by atoms with van der Waals surface area (Å²) in [6.45, 7) is -0.0903. The number of hydrogen-bond acceptors (Lipinski definition) is 1. The molecule has 9 heavy (non-hydrogen) atoms. The summed E-state index contributed by atoms with van der Waals surface area (Å²) in [6, 6.07) is 0. The molecule has 0 atom stereocenters. The maximum atomic E-state index is 11.3. The molecule has 0 aromatic rings. The molecule has 0 aliphatic carbocycles. The monoisotopic (exact) mass is 142 g/mol. The van der Waals surface area contributed by atoms with Crippen LogP contribution in [0.25, 0.3) is 0 Å². The largest absolute Gasteiger partial charge is 0.399 e. The van der Waals surface area contributed by atoms with Crippen LogP contribution >= 0.6 is 0 Å². The van der Waals surface area contributed by atoms with E-state index in [1.165, 1.54) is 5.43 Å². The van der Waals surface area contributed by atoms with Crippen LogP contribution < -0.4 is 10.9 Å². The standard InChI is InChI=1S/C4H9F3N2/c1-8-9-3-2-4(5,6)7/h9H,1-3,8H2. The highest BCUT2D eigenvalue weighted by Crippen LogP contribution is 2.17. The van der Waals surface area contributed by atoms with Crippen LogP contribution in [0.5, 0.6) is 0 Å². The molecule has 0 saturated heterocycles. The van der Waals surface area contributed by atoms with Crippen molar-refractivity contribution in [1.29, 1.82) is 0 Å². The van der Waals surface area contributed by atoms with E-state index in [0.717, 1.165) is 0 Å². The summed E-state index contributed by atoms with van der Waals surface area (Å²) in [5.41, 5.74) is 3.59. The number of alkyl halides is 3. The summed E-state index contributed by atoms with van der Waals surface area (Å²) < 4.78 is 33.9. The Morgan fingerprint density at radius 1 is 1.44 bits per heavy atom. The summed E-state index contributed by atoms with van der Waals surface area (Å²) >= 11 is 0. The highest BCUT2D eigenvalue weighted by atomic mass is 19.4. The molecule has 0 aliphatic rings. The first kappa shape index (κ1) is 8.71. The Morgan fingerprint density at radius 2 is 2.00 bits per heavy atom. The smallest absolute Gasteiger partial charge is 0.390 e. The van der Waals surface area contributed by atoms with Crippen LogP contribution in [-0.4, -0.2) is 12.7 Å². The Morgan fingerprint density at radius 3 is 2.33 bits per heavy atom. The van der Waals surface area contributed by atoms with Gasteiger partial charge in [0, 0.05) is 0 Å². The van der Waals surface area contributed by atoms with Gasteiger partial charge in [-0.15, -0.1) is 7.05 Å². The van der Waals surface area contributed by atoms with Crippen molar-refractivity contribution in [2.24, 2.45) is 0 Å². The number of nitrogens with two attached hydrogens (primary N) is 1. The molecule has 0 aliphatic heterocycles. The van der Waals surface area contributed by atoms with Gasteiger partial charge in [-0.1, -0.05) is 0 Å². The van der Waals surface area contributed by atoms with Gasteiger partial charge in [-0.3, -0.25) is 0 Å². The zero-order chi connectivity index (χ0) is 7.33. The molecule has 56 valence electrons. The van der Waals surface area contributed by atoms with Gasteiger partial charge in [-0.05, 0) is 0 Å². The molecule has 0 fully saturated rings. The first-order chi connectivity index (χ1) is 4.06. The van der Waals surface area contributed by atoms with E-state index < -0.39 is 12.6 Å². The Balaban J connectivity index is 3.07. The van der Waals surface area contributed by atoms with E-state index in [2.05, 4.69) is 12.5 Å². The van der Waals surface area contributed by atoms with Crippen LogP contribution in [0.4, 0.5) is 13.2 Å². The first-order valence-electron chi connectivity index (χ1n) is 2.47. The van der Waals surface area contributed by atoms with E-state index in [1.54, 1.807) is 0 Å². The Bertz CT molecular complexity index is 70.7. The predicted octanol–water partition coefficient (Wildman–Crippen LogP) is -0.202. The molecule has 3 N–H and O–H groups in total. The Labute approximate surface area is 51.4 Å². The average molecular weight is 142 g/mol.